The molecule has 7 rings (SSSR count). The van der Waals surface area contributed by atoms with E-state index in [2.05, 4.69) is 78.9 Å². The van der Waals surface area contributed by atoms with Crippen LogP contribution in [0.1, 0.15) is 159 Å². The molecule has 0 spiro atoms. The summed E-state index contributed by atoms with van der Waals surface area (Å²) in [7, 11) is 3.50. The lowest BCUT2D eigenvalue weighted by Gasteiger charge is -2.48. The number of esters is 1. The fraction of sp³-hybridized carbons (Fsp3) is 0.701. The quantitative estimate of drug-likeness (QED) is 0.0409. The maximum atomic E-state index is 14.7. The zero-order valence-electron chi connectivity index (χ0n) is 52.3. The minimum Gasteiger partial charge on any atom is -0.459 e. The Kier molecular flexibility index (Phi) is 23.5. The van der Waals surface area contributed by atoms with E-state index >= 15 is 0 Å². The van der Waals surface area contributed by atoms with Crippen molar-refractivity contribution in [1.82, 2.24) is 9.80 Å². The third-order valence-electron chi connectivity index (χ3n) is 19.2. The molecule has 15 nitrogen and oxygen atoms in total. The van der Waals surface area contributed by atoms with Gasteiger partial charge in [-0.1, -0.05) is 114 Å². The van der Waals surface area contributed by atoms with Crippen LogP contribution in [0.5, 0.6) is 0 Å². The van der Waals surface area contributed by atoms with E-state index in [0.717, 1.165) is 38.3 Å². The number of carbonyl (C=O) groups is 2. The topological polar surface area (TPSA) is 197 Å². The van der Waals surface area contributed by atoms with Crippen molar-refractivity contribution in [2.24, 2.45) is 17.8 Å². The van der Waals surface area contributed by atoms with Crippen molar-refractivity contribution in [3.05, 3.63) is 78.9 Å². The lowest BCUT2D eigenvalue weighted by atomic mass is 9.77. The number of carbonyl (C=O) groups excluding carboxylic acids is 2. The molecule has 0 aromatic heterocycles. The summed E-state index contributed by atoms with van der Waals surface area (Å²) in [5.41, 5.74) is -2.02. The van der Waals surface area contributed by atoms with Crippen LogP contribution in [0.2, 0.25) is 0 Å². The van der Waals surface area contributed by atoms with Crippen LogP contribution >= 0.6 is 7.26 Å². The number of unbranched alkanes of at least 4 members (excludes halogenated alkanes) is 8. The van der Waals surface area contributed by atoms with Gasteiger partial charge in [0, 0.05) is 49.6 Å². The minimum absolute atomic E-state index is 0.0753. The third kappa shape index (κ3) is 15.1. The number of nitrogens with zero attached hydrogens (tertiary/aromatic N) is 2. The normalized spacial score (nSPS) is 36.2. The molecule has 0 aliphatic carbocycles. The maximum Gasteiger partial charge on any atom is 0.311 e. The van der Waals surface area contributed by atoms with E-state index in [9.17, 15) is 35.1 Å². The number of benzene rings is 3. The SMILES string of the molecule is CC[C@H]1OC(=O)[C@H](C)[C@@H](O[C@H]2C[C@@](C)(OC)[C@@H](O)[C@H](C)O2)[C@H](C)[C@@H](O[C@@H]2O[C@H](C)C[C@H](N(C)C)[C@H]2O)[C@](C)(O)C[C@@H](C)CN(C(=O)CCCCCCCCCCC[P+]2(c3ccccc3)c3ccccc3-c3ccccc32)[C@H](C)[C@@H](O)[C@]1(C)O. The van der Waals surface area contributed by atoms with Gasteiger partial charge in [0.15, 0.2) is 12.6 Å². The van der Waals surface area contributed by atoms with E-state index in [1.165, 1.54) is 60.3 Å². The van der Waals surface area contributed by atoms with Crippen LogP contribution in [0, 0.1) is 17.8 Å². The molecule has 0 radical (unpaired) electrons. The molecule has 464 valence electrons. The number of cyclic esters (lactones) is 1. The highest BCUT2D eigenvalue weighted by molar-refractivity contribution is 7.96. The molecule has 4 heterocycles. The van der Waals surface area contributed by atoms with Gasteiger partial charge in [-0.05, 0) is 131 Å². The van der Waals surface area contributed by atoms with E-state index in [1.54, 1.807) is 46.4 Å². The van der Waals surface area contributed by atoms with Crippen molar-refractivity contribution < 1.29 is 63.5 Å². The lowest BCUT2D eigenvalue weighted by Crippen LogP contribution is -2.60. The van der Waals surface area contributed by atoms with Crippen LogP contribution in [-0.4, -0.2) is 171 Å². The Labute approximate surface area is 497 Å². The largest absolute Gasteiger partial charge is 0.459 e. The van der Waals surface area contributed by atoms with Crippen molar-refractivity contribution in [2.45, 2.75) is 249 Å². The standard InChI is InChI=1S/C67H104N2O13P/c1-14-55-67(10,76)60(72)47(6)69(56(70)37-25-20-18-16-15-17-19-21-30-38-83(49-31-23-22-24-32-49)53-35-28-26-33-50(53)51-34-27-29-36-54(51)83)42-43(2)40-65(8,75)62(82-64-58(71)52(68(11)12)39-44(3)78-64)45(4)59(46(5)63(74)80-55)81-57-41-66(9,77-13)61(73)48(7)79-57/h22-24,26-29,31-36,43-48,52,55,57-62,64,71-73,75-76H,14-21,25,30,37-42H2,1-13H3/q+1/t43-,44-,45+,46-,47-,48+,52+,55-,57+,58-,59+,60-,61+,62-,64+,65-,66-,67-/m1/s1. The fourth-order valence-electron chi connectivity index (χ4n) is 14.4. The van der Waals surface area contributed by atoms with Gasteiger partial charge in [0.1, 0.15) is 53.2 Å². The van der Waals surface area contributed by atoms with Crippen LogP contribution in [0.25, 0.3) is 11.1 Å². The zero-order valence-corrected chi connectivity index (χ0v) is 53.2. The summed E-state index contributed by atoms with van der Waals surface area (Å²) in [6, 6.07) is 28.0. The molecular formula is C67H104N2O13P+. The molecule has 0 saturated carbocycles. The molecule has 5 N–H and O–H groups in total. The predicted molar refractivity (Wildman–Crippen MR) is 328 cm³/mol. The summed E-state index contributed by atoms with van der Waals surface area (Å²) in [6.45, 7) is 17.5. The van der Waals surface area contributed by atoms with Gasteiger partial charge in [-0.3, -0.25) is 9.59 Å². The highest BCUT2D eigenvalue weighted by Gasteiger charge is 2.55. The summed E-state index contributed by atoms with van der Waals surface area (Å²) in [5, 5.41) is 65.0. The van der Waals surface area contributed by atoms with E-state index < -0.39 is 109 Å². The van der Waals surface area contributed by atoms with Gasteiger partial charge in [0.25, 0.3) is 0 Å². The molecule has 3 saturated heterocycles. The van der Waals surface area contributed by atoms with Crippen molar-refractivity contribution in [1.29, 1.82) is 0 Å². The second-order valence-corrected chi connectivity index (χ2v) is 29.7. The van der Waals surface area contributed by atoms with Gasteiger partial charge < -0.3 is 63.8 Å². The Bertz CT molecular complexity index is 2490. The summed E-state index contributed by atoms with van der Waals surface area (Å²) in [6.07, 6.45) is 1.34. The van der Waals surface area contributed by atoms with Crippen LogP contribution in [-0.2, 0) is 38.0 Å². The summed E-state index contributed by atoms with van der Waals surface area (Å²) in [4.78, 5) is 32.9. The Balaban J connectivity index is 1.03. The second-order valence-electron chi connectivity index (χ2n) is 26.1. The Morgan fingerprint density at radius 3 is 1.89 bits per heavy atom. The monoisotopic (exact) mass is 1180 g/mol. The van der Waals surface area contributed by atoms with Gasteiger partial charge in [-0.15, -0.1) is 0 Å². The van der Waals surface area contributed by atoms with Crippen molar-refractivity contribution in [2.75, 3.05) is 33.9 Å². The molecule has 4 aliphatic rings. The van der Waals surface area contributed by atoms with E-state index in [1.807, 2.05) is 39.8 Å². The number of hydrogen-bond donors (Lipinski definition) is 5. The van der Waals surface area contributed by atoms with Crippen LogP contribution < -0.4 is 15.9 Å². The number of hydrogen-bond acceptors (Lipinski definition) is 14. The van der Waals surface area contributed by atoms with Gasteiger partial charge in [-0.25, -0.2) is 0 Å². The van der Waals surface area contributed by atoms with Gasteiger partial charge >= 0.3 is 5.97 Å². The van der Waals surface area contributed by atoms with E-state index in [4.69, 9.17) is 28.4 Å². The second kappa shape index (κ2) is 29.1. The first kappa shape index (κ1) is 67.1. The van der Waals surface area contributed by atoms with Gasteiger partial charge in [0.05, 0.1) is 53.7 Å². The average molecular weight is 1180 g/mol. The predicted octanol–water partition coefficient (Wildman–Crippen LogP) is 8.67. The number of rotatable bonds is 20. The molecule has 83 heavy (non-hydrogen) atoms. The van der Waals surface area contributed by atoms with Crippen LogP contribution in [0.4, 0.5) is 0 Å². The zero-order chi connectivity index (χ0) is 60.6. The fourth-order valence-corrected chi connectivity index (χ4v) is 19.2. The molecule has 3 aromatic rings. The molecule has 18 atom stereocenters. The Hall–Kier alpha value is -3.41. The average Bonchev–Trinajstić information content (AvgIpc) is 1.73. The minimum atomic E-state index is -2.00. The van der Waals surface area contributed by atoms with Gasteiger partial charge in [0.2, 0.25) is 5.91 Å². The maximum absolute atomic E-state index is 14.7. The Morgan fingerprint density at radius 2 is 1.31 bits per heavy atom. The van der Waals surface area contributed by atoms with Crippen LogP contribution in [0.15, 0.2) is 78.9 Å². The highest BCUT2D eigenvalue weighted by Crippen LogP contribution is 2.62. The lowest BCUT2D eigenvalue weighted by molar-refractivity contribution is -0.318. The molecule has 3 aromatic carbocycles. The molecule has 3 fully saturated rings. The highest BCUT2D eigenvalue weighted by atomic mass is 31.2. The summed E-state index contributed by atoms with van der Waals surface area (Å²) < 4.78 is 38.3. The summed E-state index contributed by atoms with van der Waals surface area (Å²) in [5.74, 6) is -3.26. The van der Waals surface area contributed by atoms with Crippen LogP contribution in [0.3, 0.4) is 0 Å². The first-order valence-corrected chi connectivity index (χ1v) is 33.3. The molecule has 0 bridgehead atoms. The Morgan fingerprint density at radius 1 is 0.747 bits per heavy atom. The number of aliphatic hydroxyl groups excluding tert-OH is 3. The molecular weight excluding hydrogens is 1070 g/mol. The third-order valence-corrected chi connectivity index (χ3v) is 23.8. The van der Waals surface area contributed by atoms with E-state index in [0.29, 0.717) is 12.8 Å². The number of ether oxygens (including phenoxy) is 6. The van der Waals surface area contributed by atoms with Crippen molar-refractivity contribution in [3.63, 3.8) is 0 Å². The molecule has 16 heteroatoms. The van der Waals surface area contributed by atoms with E-state index in [-0.39, 0.29) is 50.3 Å². The smallest absolute Gasteiger partial charge is 0.311 e. The number of amides is 1. The number of methoxy groups -OCH3 is 1. The summed E-state index contributed by atoms with van der Waals surface area (Å²) >= 11 is 0. The first-order chi connectivity index (χ1) is 39.3. The molecule has 4 aliphatic heterocycles. The van der Waals surface area contributed by atoms with Crippen molar-refractivity contribution >= 4 is 35.1 Å². The first-order valence-electron chi connectivity index (χ1n) is 31.3. The van der Waals surface area contributed by atoms with Crippen molar-refractivity contribution in [3.8, 4) is 11.1 Å². The number of aliphatic hydroxyl groups is 5. The number of likely N-dealkylation sites (N-methyl/N-ethyl adjacent to an activating group) is 1. The number of fused-ring (bicyclic) bond motifs is 3. The molecule has 0 unspecified atom stereocenters. The molecule has 1 amide bonds. The van der Waals surface area contributed by atoms with Gasteiger partial charge in [-0.2, -0.15) is 0 Å².